The Labute approximate surface area is 203 Å². The van der Waals surface area contributed by atoms with Gasteiger partial charge in [0.15, 0.2) is 0 Å². The normalized spacial score (nSPS) is 25.3. The molecule has 2 heterocycles. The van der Waals surface area contributed by atoms with Crippen molar-refractivity contribution in [2.45, 2.75) is 70.0 Å². The maximum Gasteiger partial charge on any atom is 0.416 e. The molecule has 0 radical (unpaired) electrons. The zero-order valence-corrected chi connectivity index (χ0v) is 20.3. The van der Waals surface area contributed by atoms with Crippen LogP contribution in [0.1, 0.15) is 45.1 Å². The molecule has 0 bridgehead atoms. The fourth-order valence-electron chi connectivity index (χ4n) is 4.57. The van der Waals surface area contributed by atoms with E-state index >= 15 is 0 Å². The molecule has 3 amide bonds. The minimum Gasteiger partial charge on any atom is -0.492 e. The molecule has 0 saturated carbocycles. The van der Waals surface area contributed by atoms with Gasteiger partial charge in [-0.15, -0.1) is 0 Å². The van der Waals surface area contributed by atoms with E-state index in [9.17, 15) is 22.8 Å². The molecule has 196 valence electrons. The SMILES string of the molecule is CC(C)CN1C(=O)N(C)C(=O)C2NC(CCCCCO)C(COc3ccc(C(F)(F)F)cc3)NC21. The van der Waals surface area contributed by atoms with E-state index in [4.69, 9.17) is 9.84 Å². The number of alkyl halides is 3. The molecule has 4 atom stereocenters. The number of hydrogen-bond acceptors (Lipinski definition) is 6. The second-order valence-electron chi connectivity index (χ2n) is 9.60. The number of fused-ring (bicyclic) bond motifs is 1. The summed E-state index contributed by atoms with van der Waals surface area (Å²) in [5, 5.41) is 15.9. The number of imide groups is 1. The first-order valence-electron chi connectivity index (χ1n) is 12.0. The van der Waals surface area contributed by atoms with Crippen LogP contribution in [-0.2, 0) is 11.0 Å². The molecule has 4 unspecified atom stereocenters. The van der Waals surface area contributed by atoms with Crippen LogP contribution in [0.25, 0.3) is 0 Å². The first-order valence-corrected chi connectivity index (χ1v) is 12.0. The van der Waals surface area contributed by atoms with E-state index in [-0.39, 0.29) is 43.2 Å². The van der Waals surface area contributed by atoms with Crippen molar-refractivity contribution < 1.29 is 32.6 Å². The van der Waals surface area contributed by atoms with Crippen LogP contribution in [0.3, 0.4) is 0 Å². The van der Waals surface area contributed by atoms with E-state index in [0.717, 1.165) is 29.9 Å². The summed E-state index contributed by atoms with van der Waals surface area (Å²) in [4.78, 5) is 28.6. The molecule has 2 fully saturated rings. The predicted molar refractivity (Wildman–Crippen MR) is 124 cm³/mol. The second kappa shape index (κ2) is 11.6. The van der Waals surface area contributed by atoms with Gasteiger partial charge in [0.2, 0.25) is 0 Å². The zero-order chi connectivity index (χ0) is 25.8. The largest absolute Gasteiger partial charge is 0.492 e. The number of ether oxygens (including phenoxy) is 1. The average molecular weight is 501 g/mol. The number of likely N-dealkylation sites (N-methyl/N-ethyl adjacent to an activating group) is 1. The van der Waals surface area contributed by atoms with E-state index in [2.05, 4.69) is 10.6 Å². The number of benzene rings is 1. The molecule has 0 aromatic heterocycles. The Bertz CT molecular complexity index is 865. The van der Waals surface area contributed by atoms with Crippen molar-refractivity contribution in [1.29, 1.82) is 0 Å². The lowest BCUT2D eigenvalue weighted by molar-refractivity contribution is -0.138. The van der Waals surface area contributed by atoms with E-state index in [1.807, 2.05) is 13.8 Å². The van der Waals surface area contributed by atoms with Gasteiger partial charge in [0.05, 0.1) is 11.6 Å². The van der Waals surface area contributed by atoms with Crippen LogP contribution in [0.4, 0.5) is 18.0 Å². The number of nitrogens with zero attached hydrogens (tertiary/aromatic N) is 2. The monoisotopic (exact) mass is 500 g/mol. The topological polar surface area (TPSA) is 94.1 Å². The molecule has 35 heavy (non-hydrogen) atoms. The van der Waals surface area contributed by atoms with Crippen LogP contribution in [-0.4, -0.2) is 77.9 Å². The summed E-state index contributed by atoms with van der Waals surface area (Å²) in [6.07, 6.45) is -1.98. The summed E-state index contributed by atoms with van der Waals surface area (Å²) in [6, 6.07) is 3.05. The Kier molecular flexibility index (Phi) is 9.00. The minimum atomic E-state index is -4.42. The Hall–Kier alpha value is -2.37. The Morgan fingerprint density at radius 3 is 2.34 bits per heavy atom. The third-order valence-electron chi connectivity index (χ3n) is 6.39. The van der Waals surface area contributed by atoms with E-state index < -0.39 is 23.9 Å². The second-order valence-corrected chi connectivity index (χ2v) is 9.60. The zero-order valence-electron chi connectivity index (χ0n) is 20.3. The molecule has 2 aliphatic rings. The molecule has 1 aromatic rings. The number of piperazine rings is 1. The number of rotatable bonds is 10. The maximum absolute atomic E-state index is 12.9. The maximum atomic E-state index is 12.9. The summed E-state index contributed by atoms with van der Waals surface area (Å²) in [5.41, 5.74) is -0.750. The van der Waals surface area contributed by atoms with Crippen LogP contribution in [0.15, 0.2) is 24.3 Å². The number of urea groups is 1. The summed E-state index contributed by atoms with van der Waals surface area (Å²) in [6.45, 7) is 4.69. The molecule has 1 aromatic carbocycles. The third kappa shape index (κ3) is 6.65. The van der Waals surface area contributed by atoms with Gasteiger partial charge in [-0.2, -0.15) is 13.2 Å². The fraction of sp³-hybridized carbons (Fsp3) is 0.667. The van der Waals surface area contributed by atoms with E-state index in [1.54, 1.807) is 4.90 Å². The first kappa shape index (κ1) is 27.2. The number of aliphatic hydroxyl groups is 1. The quantitative estimate of drug-likeness (QED) is 0.428. The van der Waals surface area contributed by atoms with Gasteiger partial charge in [-0.1, -0.05) is 26.7 Å². The third-order valence-corrected chi connectivity index (χ3v) is 6.39. The summed E-state index contributed by atoms with van der Waals surface area (Å²) in [5.74, 6) is 0.173. The van der Waals surface area contributed by atoms with Crippen molar-refractivity contribution in [3.05, 3.63) is 29.8 Å². The van der Waals surface area contributed by atoms with Gasteiger partial charge in [-0.05, 0) is 43.0 Å². The van der Waals surface area contributed by atoms with Crippen molar-refractivity contribution in [1.82, 2.24) is 20.4 Å². The van der Waals surface area contributed by atoms with E-state index in [1.165, 1.54) is 19.2 Å². The van der Waals surface area contributed by atoms with Gasteiger partial charge < -0.3 is 14.7 Å². The molecule has 0 spiro atoms. The molecule has 8 nitrogen and oxygen atoms in total. The number of hydrogen-bond donors (Lipinski definition) is 3. The molecule has 0 aliphatic carbocycles. The highest BCUT2D eigenvalue weighted by Gasteiger charge is 2.50. The lowest BCUT2D eigenvalue weighted by Gasteiger charge is -2.51. The number of amides is 3. The highest BCUT2D eigenvalue weighted by molar-refractivity contribution is 6.00. The summed E-state index contributed by atoms with van der Waals surface area (Å²) >= 11 is 0. The summed E-state index contributed by atoms with van der Waals surface area (Å²) in [7, 11) is 1.48. The number of aliphatic hydroxyl groups excluding tert-OH is 1. The molecular formula is C24H35F3N4O4. The van der Waals surface area contributed by atoms with Crippen molar-refractivity contribution >= 4 is 11.9 Å². The highest BCUT2D eigenvalue weighted by atomic mass is 19.4. The molecule has 2 aliphatic heterocycles. The van der Waals surface area contributed by atoms with Crippen molar-refractivity contribution in [3.8, 4) is 5.75 Å². The van der Waals surface area contributed by atoms with Crippen LogP contribution < -0.4 is 15.4 Å². The number of carbonyl (C=O) groups excluding carboxylic acids is 2. The van der Waals surface area contributed by atoms with Crippen molar-refractivity contribution in [3.63, 3.8) is 0 Å². The molecular weight excluding hydrogens is 465 g/mol. The van der Waals surface area contributed by atoms with Crippen molar-refractivity contribution in [2.75, 3.05) is 26.8 Å². The fourth-order valence-corrected chi connectivity index (χ4v) is 4.57. The summed E-state index contributed by atoms with van der Waals surface area (Å²) < 4.78 is 44.4. The number of halogens is 3. The van der Waals surface area contributed by atoms with Crippen LogP contribution in [0, 0.1) is 5.92 Å². The van der Waals surface area contributed by atoms with Gasteiger partial charge >= 0.3 is 12.2 Å². The Morgan fingerprint density at radius 2 is 1.74 bits per heavy atom. The lowest BCUT2D eigenvalue weighted by atomic mass is 9.93. The van der Waals surface area contributed by atoms with Crippen molar-refractivity contribution in [2.24, 2.45) is 5.92 Å². The molecule has 2 saturated heterocycles. The molecule has 3 rings (SSSR count). The Balaban J connectivity index is 1.76. The average Bonchev–Trinajstić information content (AvgIpc) is 2.81. The number of unbranched alkanes of at least 4 members (excludes halogenated alkanes) is 2. The predicted octanol–water partition coefficient (Wildman–Crippen LogP) is 2.81. The molecule has 3 N–H and O–H groups in total. The highest BCUT2D eigenvalue weighted by Crippen LogP contribution is 2.30. The van der Waals surface area contributed by atoms with E-state index in [0.29, 0.717) is 25.1 Å². The number of nitrogens with one attached hydrogen (secondary N) is 2. The van der Waals surface area contributed by atoms with Gasteiger partial charge in [-0.25, -0.2) is 4.79 Å². The first-order chi connectivity index (χ1) is 16.5. The van der Waals surface area contributed by atoms with Gasteiger partial charge in [-0.3, -0.25) is 20.3 Å². The van der Waals surface area contributed by atoms with Crippen LogP contribution >= 0.6 is 0 Å². The minimum absolute atomic E-state index is 0.108. The Morgan fingerprint density at radius 1 is 1.06 bits per heavy atom. The van der Waals surface area contributed by atoms with Crippen LogP contribution in [0.5, 0.6) is 5.75 Å². The van der Waals surface area contributed by atoms with Gasteiger partial charge in [0.1, 0.15) is 24.6 Å². The lowest BCUT2D eigenvalue weighted by Crippen LogP contribution is -2.79. The van der Waals surface area contributed by atoms with Gasteiger partial charge in [0, 0.05) is 26.2 Å². The molecule has 11 heteroatoms. The smallest absolute Gasteiger partial charge is 0.416 e. The number of carbonyl (C=O) groups is 2. The van der Waals surface area contributed by atoms with Gasteiger partial charge in [0.25, 0.3) is 5.91 Å². The standard InChI is InChI=1S/C24H35F3N4O4/c1-15(2)13-31-21-20(22(33)30(3)23(31)34)28-18(7-5-4-6-12-32)19(29-21)14-35-17-10-8-16(9-11-17)24(25,26)27/h8-11,15,18-21,28-29,32H,4-7,12-14H2,1-3H3. The van der Waals surface area contributed by atoms with Crippen LogP contribution in [0.2, 0.25) is 0 Å².